The molecular weight excluding hydrogens is 328 g/mol. The van der Waals surface area contributed by atoms with Crippen LogP contribution in [-0.2, 0) is 21.2 Å². The Morgan fingerprint density at radius 2 is 1.71 bits per heavy atom. The summed E-state index contributed by atoms with van der Waals surface area (Å²) in [4.78, 5) is 12.8. The third-order valence-electron chi connectivity index (χ3n) is 3.39. The standard InChI is InChI=1S/C16H14N2O2S.CH2O2/c17-21(19,20)16-9-8-12-5-1-2-7-14(12)15(16)11-13-6-3-4-10-18-13;2-1-3/h1-10H,11H2,(H2,17,19,20);1H,(H,2,3). The quantitative estimate of drug-likeness (QED) is 0.708. The van der Waals surface area contributed by atoms with E-state index in [9.17, 15) is 8.42 Å². The maximum atomic E-state index is 11.8. The van der Waals surface area contributed by atoms with Crippen LogP contribution in [0, 0.1) is 0 Å². The molecule has 2 aromatic carbocycles. The monoisotopic (exact) mass is 344 g/mol. The van der Waals surface area contributed by atoms with Gasteiger partial charge in [0, 0.05) is 18.3 Å². The molecule has 0 fully saturated rings. The third-order valence-corrected chi connectivity index (χ3v) is 4.38. The average Bonchev–Trinajstić information content (AvgIpc) is 2.56. The van der Waals surface area contributed by atoms with E-state index >= 15 is 0 Å². The van der Waals surface area contributed by atoms with Crippen molar-refractivity contribution in [1.29, 1.82) is 0 Å². The number of primary sulfonamides is 1. The minimum atomic E-state index is -3.77. The molecule has 0 aliphatic rings. The first-order valence-corrected chi connectivity index (χ1v) is 8.53. The summed E-state index contributed by atoms with van der Waals surface area (Å²) >= 11 is 0. The second kappa shape index (κ2) is 7.67. The topological polar surface area (TPSA) is 110 Å². The molecule has 3 aromatic rings. The highest BCUT2D eigenvalue weighted by atomic mass is 32.2. The Morgan fingerprint density at radius 1 is 1.04 bits per heavy atom. The van der Waals surface area contributed by atoms with E-state index < -0.39 is 10.0 Å². The predicted octanol–water partition coefficient (Wildman–Crippen LogP) is 2.17. The number of carbonyl (C=O) groups is 1. The number of aromatic nitrogens is 1. The van der Waals surface area contributed by atoms with Crippen molar-refractivity contribution in [3.05, 3.63) is 72.1 Å². The van der Waals surface area contributed by atoms with Crippen LogP contribution in [0.3, 0.4) is 0 Å². The van der Waals surface area contributed by atoms with Crippen LogP contribution < -0.4 is 5.14 Å². The fraction of sp³-hybridized carbons (Fsp3) is 0.0588. The summed E-state index contributed by atoms with van der Waals surface area (Å²) in [7, 11) is -3.77. The zero-order valence-electron chi connectivity index (χ0n) is 12.7. The molecule has 0 aliphatic carbocycles. The Bertz CT molecular complexity index is 941. The van der Waals surface area contributed by atoms with Crippen LogP contribution in [0.15, 0.2) is 65.7 Å². The molecule has 0 saturated carbocycles. The number of fused-ring (bicyclic) bond motifs is 1. The largest absolute Gasteiger partial charge is 0.483 e. The van der Waals surface area contributed by atoms with Crippen molar-refractivity contribution in [3.63, 3.8) is 0 Å². The van der Waals surface area contributed by atoms with Crippen molar-refractivity contribution >= 4 is 27.3 Å². The number of pyridine rings is 1. The van der Waals surface area contributed by atoms with E-state index in [0.717, 1.165) is 16.5 Å². The fourth-order valence-electron chi connectivity index (χ4n) is 2.45. The van der Waals surface area contributed by atoms with Gasteiger partial charge in [0.25, 0.3) is 6.47 Å². The fourth-order valence-corrected chi connectivity index (χ4v) is 3.23. The Balaban J connectivity index is 0.000000647. The molecule has 3 rings (SSSR count). The van der Waals surface area contributed by atoms with Gasteiger partial charge in [0.05, 0.1) is 4.90 Å². The maximum Gasteiger partial charge on any atom is 0.290 e. The zero-order valence-corrected chi connectivity index (χ0v) is 13.5. The Hall–Kier alpha value is -2.77. The summed E-state index contributed by atoms with van der Waals surface area (Å²) in [6, 6.07) is 16.6. The van der Waals surface area contributed by atoms with Gasteiger partial charge in [-0.25, -0.2) is 13.6 Å². The van der Waals surface area contributed by atoms with Gasteiger partial charge in [-0.05, 0) is 34.5 Å². The molecule has 7 heteroatoms. The first-order valence-electron chi connectivity index (χ1n) is 6.98. The van der Waals surface area contributed by atoms with Crippen molar-refractivity contribution in [2.24, 2.45) is 5.14 Å². The first-order chi connectivity index (χ1) is 11.5. The van der Waals surface area contributed by atoms with Crippen LogP contribution in [0.25, 0.3) is 10.8 Å². The number of sulfonamides is 1. The number of hydrogen-bond acceptors (Lipinski definition) is 4. The summed E-state index contributed by atoms with van der Waals surface area (Å²) in [6.45, 7) is -0.250. The average molecular weight is 344 g/mol. The molecule has 0 atom stereocenters. The number of hydrogen-bond donors (Lipinski definition) is 2. The van der Waals surface area contributed by atoms with E-state index in [1.165, 1.54) is 0 Å². The molecule has 24 heavy (non-hydrogen) atoms. The van der Waals surface area contributed by atoms with Crippen molar-refractivity contribution < 1.29 is 18.3 Å². The molecule has 0 bridgehead atoms. The van der Waals surface area contributed by atoms with E-state index in [1.54, 1.807) is 18.3 Å². The molecule has 0 spiro atoms. The van der Waals surface area contributed by atoms with E-state index in [0.29, 0.717) is 12.0 Å². The number of rotatable bonds is 3. The number of nitrogens with two attached hydrogens (primary N) is 1. The van der Waals surface area contributed by atoms with Gasteiger partial charge in [-0.2, -0.15) is 0 Å². The molecule has 0 radical (unpaired) electrons. The van der Waals surface area contributed by atoms with Crippen LogP contribution in [0.1, 0.15) is 11.3 Å². The van der Waals surface area contributed by atoms with E-state index in [1.807, 2.05) is 42.5 Å². The first kappa shape index (κ1) is 17.6. The maximum absolute atomic E-state index is 11.8. The molecule has 1 heterocycles. The molecule has 0 saturated heterocycles. The summed E-state index contributed by atoms with van der Waals surface area (Å²) in [5.74, 6) is 0. The Kier molecular flexibility index (Phi) is 5.62. The van der Waals surface area contributed by atoms with Crippen molar-refractivity contribution in [3.8, 4) is 0 Å². The van der Waals surface area contributed by atoms with E-state index in [2.05, 4.69) is 4.98 Å². The van der Waals surface area contributed by atoms with Crippen molar-refractivity contribution in [2.75, 3.05) is 0 Å². The van der Waals surface area contributed by atoms with Crippen LogP contribution in [-0.4, -0.2) is 25.0 Å². The smallest absolute Gasteiger partial charge is 0.290 e. The molecule has 0 unspecified atom stereocenters. The Morgan fingerprint density at radius 3 is 2.33 bits per heavy atom. The highest BCUT2D eigenvalue weighted by molar-refractivity contribution is 7.89. The molecule has 0 amide bonds. The second-order valence-electron chi connectivity index (χ2n) is 4.91. The van der Waals surface area contributed by atoms with Gasteiger partial charge in [0.15, 0.2) is 0 Å². The van der Waals surface area contributed by atoms with Gasteiger partial charge < -0.3 is 5.11 Å². The van der Waals surface area contributed by atoms with E-state index in [4.69, 9.17) is 15.0 Å². The second-order valence-corrected chi connectivity index (χ2v) is 6.44. The zero-order chi connectivity index (χ0) is 17.6. The summed E-state index contributed by atoms with van der Waals surface area (Å²) in [5, 5.41) is 14.1. The van der Waals surface area contributed by atoms with Crippen LogP contribution in [0.2, 0.25) is 0 Å². The lowest BCUT2D eigenvalue weighted by Crippen LogP contribution is -2.15. The molecule has 1 aromatic heterocycles. The van der Waals surface area contributed by atoms with Crippen LogP contribution in [0.5, 0.6) is 0 Å². The van der Waals surface area contributed by atoms with Crippen LogP contribution >= 0.6 is 0 Å². The number of nitrogens with zero attached hydrogens (tertiary/aromatic N) is 1. The van der Waals surface area contributed by atoms with Crippen molar-refractivity contribution in [1.82, 2.24) is 4.98 Å². The lowest BCUT2D eigenvalue weighted by Gasteiger charge is -2.11. The molecule has 3 N–H and O–H groups in total. The summed E-state index contributed by atoms with van der Waals surface area (Å²) in [5.41, 5.74) is 1.49. The van der Waals surface area contributed by atoms with Gasteiger partial charge >= 0.3 is 0 Å². The van der Waals surface area contributed by atoms with Gasteiger partial charge in [-0.15, -0.1) is 0 Å². The minimum absolute atomic E-state index is 0.159. The normalized spacial score (nSPS) is 10.7. The molecule has 6 nitrogen and oxygen atoms in total. The molecule has 0 aliphatic heterocycles. The highest BCUT2D eigenvalue weighted by Crippen LogP contribution is 2.27. The lowest BCUT2D eigenvalue weighted by atomic mass is 10.0. The molecular formula is C17H16N2O4S. The number of carboxylic acid groups (broad SMARTS) is 1. The Labute approximate surface area is 139 Å². The number of benzene rings is 2. The summed E-state index contributed by atoms with van der Waals surface area (Å²) < 4.78 is 23.7. The highest BCUT2D eigenvalue weighted by Gasteiger charge is 2.17. The van der Waals surface area contributed by atoms with Crippen LogP contribution in [0.4, 0.5) is 0 Å². The minimum Gasteiger partial charge on any atom is -0.483 e. The van der Waals surface area contributed by atoms with Gasteiger partial charge in [0.1, 0.15) is 0 Å². The van der Waals surface area contributed by atoms with E-state index in [-0.39, 0.29) is 11.4 Å². The lowest BCUT2D eigenvalue weighted by molar-refractivity contribution is -0.122. The van der Waals surface area contributed by atoms with Gasteiger partial charge in [-0.1, -0.05) is 36.4 Å². The summed E-state index contributed by atoms with van der Waals surface area (Å²) in [6.07, 6.45) is 2.12. The third kappa shape index (κ3) is 4.15. The van der Waals surface area contributed by atoms with Gasteiger partial charge in [0.2, 0.25) is 10.0 Å². The predicted molar refractivity (Wildman–Crippen MR) is 91.1 cm³/mol. The molecule has 124 valence electrons. The van der Waals surface area contributed by atoms with Crippen molar-refractivity contribution in [2.45, 2.75) is 11.3 Å². The SMILES string of the molecule is NS(=O)(=O)c1ccc2ccccc2c1Cc1ccccn1.O=CO. The van der Waals surface area contributed by atoms with Gasteiger partial charge in [-0.3, -0.25) is 9.78 Å².